The number of rotatable bonds is 6. The second-order valence-electron chi connectivity index (χ2n) is 7.11. The zero-order valence-electron chi connectivity index (χ0n) is 17.2. The molecule has 4 rings (SSSR count). The molecule has 0 fully saturated rings. The molecule has 1 aliphatic heterocycles. The lowest BCUT2D eigenvalue weighted by Crippen LogP contribution is -2.37. The van der Waals surface area contributed by atoms with Gasteiger partial charge in [0.25, 0.3) is 15.9 Å². The molecule has 0 saturated carbocycles. The van der Waals surface area contributed by atoms with Crippen LogP contribution in [-0.2, 0) is 26.3 Å². The highest BCUT2D eigenvalue weighted by molar-refractivity contribution is 7.97. The van der Waals surface area contributed by atoms with Crippen molar-refractivity contribution in [3.05, 3.63) is 71.1 Å². The van der Waals surface area contributed by atoms with E-state index in [2.05, 4.69) is 10.5 Å². The molecule has 0 atom stereocenters. The number of aliphatic hydroxyl groups excluding tert-OH is 1. The highest BCUT2D eigenvalue weighted by Crippen LogP contribution is 2.35. The van der Waals surface area contributed by atoms with Gasteiger partial charge in [0.15, 0.2) is 28.8 Å². The number of hydrogen-bond acceptors (Lipinski definition) is 9. The number of hydrogen-bond donors (Lipinski definition) is 4. The van der Waals surface area contributed by atoms with Gasteiger partial charge in [-0.3, -0.25) is 9.10 Å². The number of phenols is 2. The summed E-state index contributed by atoms with van der Waals surface area (Å²) in [6.07, 6.45) is 0. The van der Waals surface area contributed by atoms with Crippen LogP contribution in [0.5, 0.6) is 11.5 Å². The van der Waals surface area contributed by atoms with E-state index in [-0.39, 0.29) is 27.8 Å². The number of carbonyl (C=O) groups excluding carboxylic acids is 1. The van der Waals surface area contributed by atoms with Crippen LogP contribution in [0.25, 0.3) is 5.76 Å². The molecule has 3 aromatic rings. The quantitative estimate of drug-likeness (QED) is 0.383. The van der Waals surface area contributed by atoms with Crippen molar-refractivity contribution in [3.8, 4) is 11.5 Å². The van der Waals surface area contributed by atoms with Crippen LogP contribution in [0.1, 0.15) is 16.9 Å². The number of carbonyl (C=O) groups is 1. The average molecular weight is 490 g/mol. The molecule has 0 spiro atoms. The molecule has 2 aromatic carbocycles. The van der Waals surface area contributed by atoms with Gasteiger partial charge < -0.3 is 25.2 Å². The first-order valence-electron chi connectivity index (χ1n) is 9.55. The van der Waals surface area contributed by atoms with Gasteiger partial charge >= 0.3 is 0 Å². The number of thioether (sulfide) groups is 1. The zero-order chi connectivity index (χ0) is 23.8. The van der Waals surface area contributed by atoms with Gasteiger partial charge in [-0.2, -0.15) is 0 Å². The molecule has 10 nitrogen and oxygen atoms in total. The Hall–Kier alpha value is -3.64. The third-order valence-corrected chi connectivity index (χ3v) is 7.73. The van der Waals surface area contributed by atoms with Crippen molar-refractivity contribution in [2.24, 2.45) is 0 Å². The molecule has 0 saturated heterocycles. The van der Waals surface area contributed by atoms with E-state index in [4.69, 9.17) is 4.52 Å². The molecule has 0 aliphatic carbocycles. The molecule has 1 amide bonds. The Morgan fingerprint density at radius 1 is 1.09 bits per heavy atom. The molecule has 4 N–H and O–H groups in total. The monoisotopic (exact) mass is 489 g/mol. The van der Waals surface area contributed by atoms with Crippen LogP contribution in [-0.4, -0.2) is 46.2 Å². The van der Waals surface area contributed by atoms with Gasteiger partial charge in [-0.05, 0) is 29.8 Å². The predicted molar refractivity (Wildman–Crippen MR) is 121 cm³/mol. The summed E-state index contributed by atoms with van der Waals surface area (Å²) in [7, 11) is -2.82. The lowest BCUT2D eigenvalue weighted by atomic mass is 10.1. The van der Waals surface area contributed by atoms with Crippen LogP contribution < -0.4 is 5.32 Å². The molecule has 172 valence electrons. The Balaban J connectivity index is 1.45. The van der Waals surface area contributed by atoms with Crippen molar-refractivity contribution in [1.82, 2.24) is 9.46 Å². The first-order valence-corrected chi connectivity index (χ1v) is 12.1. The van der Waals surface area contributed by atoms with Gasteiger partial charge in [-0.1, -0.05) is 23.4 Å². The Morgan fingerprint density at radius 3 is 2.61 bits per heavy atom. The zero-order valence-corrected chi connectivity index (χ0v) is 18.9. The van der Waals surface area contributed by atoms with E-state index in [1.54, 1.807) is 12.1 Å². The number of nitrogens with one attached hydrogen (secondary N) is 1. The molecular weight excluding hydrogens is 470 g/mol. The molecule has 1 aliphatic rings. The fraction of sp³-hybridized carbons (Fsp3) is 0.143. The molecule has 12 heteroatoms. The molecule has 1 aromatic heterocycles. The minimum Gasteiger partial charge on any atom is -0.505 e. The third kappa shape index (κ3) is 4.34. The summed E-state index contributed by atoms with van der Waals surface area (Å²) in [5.41, 5.74) is 0.408. The van der Waals surface area contributed by atoms with Crippen LogP contribution in [0.15, 0.2) is 63.6 Å². The summed E-state index contributed by atoms with van der Waals surface area (Å²) < 4.78 is 31.4. The highest BCUT2D eigenvalue weighted by atomic mass is 32.2. The average Bonchev–Trinajstić information content (AvgIpc) is 3.22. The Morgan fingerprint density at radius 2 is 1.85 bits per heavy atom. The molecule has 0 radical (unpaired) electrons. The number of aliphatic hydroxyl groups is 1. The number of sulfonamides is 1. The van der Waals surface area contributed by atoms with E-state index in [0.29, 0.717) is 17.3 Å². The minimum absolute atomic E-state index is 0.0401. The third-order valence-electron chi connectivity index (χ3n) is 4.89. The Bertz CT molecular complexity index is 1370. The molecule has 0 unspecified atom stereocenters. The molecule has 0 bridgehead atoms. The predicted octanol–water partition coefficient (Wildman–Crippen LogP) is 3.02. The number of fused-ring (bicyclic) bond motifs is 1. The van der Waals surface area contributed by atoms with Crippen molar-refractivity contribution >= 4 is 39.3 Å². The first kappa shape index (κ1) is 22.6. The maximum absolute atomic E-state index is 12.8. The van der Waals surface area contributed by atoms with Crippen molar-refractivity contribution < 1.29 is 33.1 Å². The van der Waals surface area contributed by atoms with Crippen LogP contribution in [0.3, 0.4) is 0 Å². The van der Waals surface area contributed by atoms with E-state index in [9.17, 15) is 28.5 Å². The molecule has 2 heterocycles. The summed E-state index contributed by atoms with van der Waals surface area (Å²) in [5.74, 6) is -0.279. The van der Waals surface area contributed by atoms with E-state index in [1.165, 1.54) is 55.2 Å². The highest BCUT2D eigenvalue weighted by Gasteiger charge is 2.37. The first-order chi connectivity index (χ1) is 15.7. The largest absolute Gasteiger partial charge is 0.505 e. The van der Waals surface area contributed by atoms with E-state index in [0.717, 1.165) is 9.87 Å². The number of aromatic nitrogens is 1. The van der Waals surface area contributed by atoms with Crippen molar-refractivity contribution in [3.63, 3.8) is 0 Å². The SMILES string of the molecule is CN1C(C(=O)Nc2cc(CSCc3ccc(O)c(O)c3)on2)=C(O)c2ccccc2S1(=O)=O. The Kier molecular flexibility index (Phi) is 5.95. The lowest BCUT2D eigenvalue weighted by molar-refractivity contribution is -0.113. The summed E-state index contributed by atoms with van der Waals surface area (Å²) in [6, 6.07) is 11.9. The fourth-order valence-electron chi connectivity index (χ4n) is 3.23. The van der Waals surface area contributed by atoms with Crippen LogP contribution in [0.4, 0.5) is 5.82 Å². The maximum Gasteiger partial charge on any atom is 0.278 e. The van der Waals surface area contributed by atoms with Gasteiger partial charge in [-0.25, -0.2) is 8.42 Å². The van der Waals surface area contributed by atoms with Crippen molar-refractivity contribution in [1.29, 1.82) is 0 Å². The van der Waals surface area contributed by atoms with E-state index >= 15 is 0 Å². The summed E-state index contributed by atoms with van der Waals surface area (Å²) in [6.45, 7) is 0. The molecular formula is C21H19N3O7S2. The number of amides is 1. The van der Waals surface area contributed by atoms with Gasteiger partial charge in [0.2, 0.25) is 0 Å². The van der Waals surface area contributed by atoms with Crippen molar-refractivity contribution in [2.75, 3.05) is 12.4 Å². The topological polar surface area (TPSA) is 153 Å². The van der Waals surface area contributed by atoms with Crippen LogP contribution >= 0.6 is 11.8 Å². The standard InChI is InChI=1S/C21H19N3O7S2/c1-24-19(20(27)14-4-2-3-5-17(14)33(24,29)30)21(28)22-18-9-13(31-23-18)11-32-10-12-6-7-15(25)16(26)8-12/h2-9,25-27H,10-11H2,1H3,(H,22,23,28). The second kappa shape index (κ2) is 8.71. The summed E-state index contributed by atoms with van der Waals surface area (Å²) in [5, 5.41) is 35.7. The Labute approximate surface area is 193 Å². The minimum atomic E-state index is -4.01. The second-order valence-corrected chi connectivity index (χ2v) is 10.0. The number of aromatic hydroxyl groups is 2. The summed E-state index contributed by atoms with van der Waals surface area (Å²) >= 11 is 1.45. The number of benzene rings is 2. The van der Waals surface area contributed by atoms with E-state index < -0.39 is 27.4 Å². The van der Waals surface area contributed by atoms with Crippen LogP contribution in [0, 0.1) is 0 Å². The maximum atomic E-state index is 12.8. The number of likely N-dealkylation sites (N-methyl/N-ethyl adjacent to an activating group) is 1. The van der Waals surface area contributed by atoms with Crippen LogP contribution in [0.2, 0.25) is 0 Å². The summed E-state index contributed by atoms with van der Waals surface area (Å²) in [4.78, 5) is 12.7. The van der Waals surface area contributed by atoms with Gasteiger partial charge in [0, 0.05) is 24.4 Å². The van der Waals surface area contributed by atoms with Crippen molar-refractivity contribution in [2.45, 2.75) is 16.4 Å². The van der Waals surface area contributed by atoms with Gasteiger partial charge in [0.1, 0.15) is 5.76 Å². The number of nitrogens with zero attached hydrogens (tertiary/aromatic N) is 2. The molecule has 33 heavy (non-hydrogen) atoms. The normalized spacial score (nSPS) is 14.8. The van der Waals surface area contributed by atoms with Gasteiger partial charge in [-0.15, -0.1) is 11.8 Å². The number of phenolic OH excluding ortho intramolecular Hbond substituents is 2. The van der Waals surface area contributed by atoms with E-state index in [1.807, 2.05) is 0 Å². The smallest absolute Gasteiger partial charge is 0.278 e. The van der Waals surface area contributed by atoms with Gasteiger partial charge in [0.05, 0.1) is 10.6 Å². The lowest BCUT2D eigenvalue weighted by Gasteiger charge is -2.28. The fourth-order valence-corrected chi connectivity index (χ4v) is 5.48. The number of anilines is 1.